The molecule has 0 aliphatic carbocycles. The summed E-state index contributed by atoms with van der Waals surface area (Å²) in [6.07, 6.45) is 4.94. The predicted molar refractivity (Wildman–Crippen MR) is 80.1 cm³/mol. The minimum Gasteiger partial charge on any atom is -0.415 e. The molecular weight excluding hydrogens is 238 g/mol. The van der Waals surface area contributed by atoms with Crippen molar-refractivity contribution < 1.29 is 4.43 Å². The minimum atomic E-state index is -1.58. The minimum absolute atomic E-state index is 0.320. The van der Waals surface area contributed by atoms with E-state index < -0.39 is 8.32 Å². The second-order valence-electron chi connectivity index (χ2n) is 7.47. The van der Waals surface area contributed by atoms with Crippen LogP contribution in [0.15, 0.2) is 11.8 Å². The molecule has 0 spiro atoms. The van der Waals surface area contributed by atoms with Crippen LogP contribution in [0.2, 0.25) is 18.1 Å². The van der Waals surface area contributed by atoms with Crippen LogP contribution in [0.25, 0.3) is 0 Å². The van der Waals surface area contributed by atoms with Gasteiger partial charge in [0.2, 0.25) is 0 Å². The maximum absolute atomic E-state index is 6.40. The monoisotopic (exact) mass is 267 g/mol. The molecule has 18 heavy (non-hydrogen) atoms. The molecular formula is C15H29NOSi. The smallest absolute Gasteiger partial charge is 0.192 e. The topological polar surface area (TPSA) is 12.5 Å². The van der Waals surface area contributed by atoms with Crippen molar-refractivity contribution in [3.63, 3.8) is 0 Å². The molecule has 0 aromatic heterocycles. The Hall–Kier alpha value is -0.283. The molecule has 2 atom stereocenters. The third kappa shape index (κ3) is 2.53. The largest absolute Gasteiger partial charge is 0.415 e. The summed E-state index contributed by atoms with van der Waals surface area (Å²) in [5.41, 5.74) is 1.58. The Morgan fingerprint density at radius 2 is 2.06 bits per heavy atom. The highest BCUT2D eigenvalue weighted by atomic mass is 28.4. The lowest BCUT2D eigenvalue weighted by molar-refractivity contribution is 0.186. The highest BCUT2D eigenvalue weighted by Crippen LogP contribution is 2.40. The molecule has 2 aliphatic rings. The number of allylic oxidation sites excluding steroid dienone is 1. The highest BCUT2D eigenvalue weighted by molar-refractivity contribution is 6.74. The van der Waals surface area contributed by atoms with E-state index in [-0.39, 0.29) is 0 Å². The first-order valence-electron chi connectivity index (χ1n) is 7.33. The first-order chi connectivity index (χ1) is 8.22. The summed E-state index contributed by atoms with van der Waals surface area (Å²) >= 11 is 0. The molecule has 0 bridgehead atoms. The number of rotatable bonds is 3. The number of nitrogens with zero attached hydrogens (tertiary/aromatic N) is 1. The molecule has 0 saturated carbocycles. The molecule has 1 saturated heterocycles. The van der Waals surface area contributed by atoms with Crippen LogP contribution in [0, 0.1) is 5.92 Å². The van der Waals surface area contributed by atoms with Gasteiger partial charge in [-0.3, -0.25) is 0 Å². The second kappa shape index (κ2) is 4.68. The summed E-state index contributed by atoms with van der Waals surface area (Å²) < 4.78 is 6.40. The first kappa shape index (κ1) is 14.1. The van der Waals surface area contributed by atoms with Crippen LogP contribution in [0.5, 0.6) is 0 Å². The predicted octanol–water partition coefficient (Wildman–Crippen LogP) is 4.01. The van der Waals surface area contributed by atoms with Crippen LogP contribution in [-0.4, -0.2) is 32.4 Å². The molecule has 2 heterocycles. The molecule has 2 rings (SSSR count). The Kier molecular flexibility index (Phi) is 3.67. The van der Waals surface area contributed by atoms with E-state index in [4.69, 9.17) is 4.43 Å². The fourth-order valence-corrected chi connectivity index (χ4v) is 3.85. The molecule has 0 radical (unpaired) electrons. The lowest BCUT2D eigenvalue weighted by Gasteiger charge is -2.38. The van der Waals surface area contributed by atoms with Crippen LogP contribution < -0.4 is 0 Å². The number of fused-ring (bicyclic) bond motifs is 1. The third-order valence-electron chi connectivity index (χ3n) is 5.07. The van der Waals surface area contributed by atoms with Gasteiger partial charge >= 0.3 is 0 Å². The average Bonchev–Trinajstić information content (AvgIpc) is 2.79. The van der Waals surface area contributed by atoms with Gasteiger partial charge in [-0.25, -0.2) is 0 Å². The standard InChI is InChI=1S/C15H29NOSi/c1-12-10-13(16-9-7-8-14(12)16)11-17-18(5,6)15(2,3)4/h8,12-13H,7,9-11H2,1-6H3. The van der Waals surface area contributed by atoms with Crippen molar-refractivity contribution in [2.75, 3.05) is 13.2 Å². The summed E-state index contributed by atoms with van der Waals surface area (Å²) in [4.78, 5) is 2.60. The van der Waals surface area contributed by atoms with Crippen molar-refractivity contribution in [2.24, 2.45) is 5.92 Å². The van der Waals surface area contributed by atoms with Gasteiger partial charge in [-0.2, -0.15) is 0 Å². The van der Waals surface area contributed by atoms with Gasteiger partial charge in [-0.05, 0) is 36.9 Å². The van der Waals surface area contributed by atoms with Crippen molar-refractivity contribution in [3.8, 4) is 0 Å². The highest BCUT2D eigenvalue weighted by Gasteiger charge is 2.40. The maximum atomic E-state index is 6.40. The van der Waals surface area contributed by atoms with E-state index in [9.17, 15) is 0 Å². The van der Waals surface area contributed by atoms with Crippen LogP contribution in [0.3, 0.4) is 0 Å². The van der Waals surface area contributed by atoms with Crippen molar-refractivity contribution in [1.82, 2.24) is 4.90 Å². The van der Waals surface area contributed by atoms with E-state index in [1.165, 1.54) is 19.4 Å². The van der Waals surface area contributed by atoms with Gasteiger partial charge in [-0.1, -0.05) is 33.8 Å². The zero-order valence-electron chi connectivity index (χ0n) is 12.9. The van der Waals surface area contributed by atoms with Crippen molar-refractivity contribution >= 4 is 8.32 Å². The molecule has 2 unspecified atom stereocenters. The molecule has 2 nitrogen and oxygen atoms in total. The summed E-state index contributed by atoms with van der Waals surface area (Å²) in [5, 5.41) is 0.320. The van der Waals surface area contributed by atoms with Gasteiger partial charge in [0.05, 0.1) is 12.6 Å². The third-order valence-corrected chi connectivity index (χ3v) is 9.57. The van der Waals surface area contributed by atoms with E-state index in [0.29, 0.717) is 11.1 Å². The molecule has 0 aromatic carbocycles. The van der Waals surface area contributed by atoms with Gasteiger partial charge in [0, 0.05) is 12.2 Å². The van der Waals surface area contributed by atoms with Gasteiger partial charge in [0.1, 0.15) is 0 Å². The lowest BCUT2D eigenvalue weighted by Crippen LogP contribution is -2.44. The van der Waals surface area contributed by atoms with E-state index >= 15 is 0 Å². The first-order valence-corrected chi connectivity index (χ1v) is 10.2. The average molecular weight is 267 g/mol. The van der Waals surface area contributed by atoms with Gasteiger partial charge in [0.15, 0.2) is 8.32 Å². The molecule has 1 fully saturated rings. The quantitative estimate of drug-likeness (QED) is 0.717. The number of hydrogen-bond donors (Lipinski definition) is 0. The Balaban J connectivity index is 1.94. The Morgan fingerprint density at radius 3 is 2.67 bits per heavy atom. The van der Waals surface area contributed by atoms with Crippen LogP contribution in [0.1, 0.15) is 40.5 Å². The summed E-state index contributed by atoms with van der Waals surface area (Å²) in [6, 6.07) is 0.628. The Morgan fingerprint density at radius 1 is 1.39 bits per heavy atom. The van der Waals surface area contributed by atoms with Gasteiger partial charge in [0.25, 0.3) is 0 Å². The molecule has 0 N–H and O–H groups in total. The Labute approximate surface area is 114 Å². The fourth-order valence-electron chi connectivity index (χ4n) is 2.81. The van der Waals surface area contributed by atoms with Gasteiger partial charge in [-0.15, -0.1) is 0 Å². The molecule has 0 amide bonds. The van der Waals surface area contributed by atoms with Crippen molar-refractivity contribution in [1.29, 1.82) is 0 Å². The van der Waals surface area contributed by atoms with E-state index in [0.717, 1.165) is 12.5 Å². The summed E-state index contributed by atoms with van der Waals surface area (Å²) in [7, 11) is -1.58. The molecule has 0 aromatic rings. The second-order valence-corrected chi connectivity index (χ2v) is 12.3. The number of hydrogen-bond acceptors (Lipinski definition) is 2. The Bertz CT molecular complexity index is 343. The molecule has 2 aliphatic heterocycles. The van der Waals surface area contributed by atoms with Crippen LogP contribution >= 0.6 is 0 Å². The lowest BCUT2D eigenvalue weighted by atomic mass is 10.1. The molecule has 104 valence electrons. The summed E-state index contributed by atoms with van der Waals surface area (Å²) in [6.45, 7) is 16.2. The SMILES string of the molecule is CC1CC(CO[Si](C)(C)C(C)(C)C)N2CCC=C12. The van der Waals surface area contributed by atoms with Crippen molar-refractivity contribution in [2.45, 2.75) is 64.7 Å². The van der Waals surface area contributed by atoms with E-state index in [1.807, 2.05) is 0 Å². The zero-order chi connectivity index (χ0) is 13.6. The van der Waals surface area contributed by atoms with E-state index in [1.54, 1.807) is 5.70 Å². The van der Waals surface area contributed by atoms with Crippen LogP contribution in [0.4, 0.5) is 0 Å². The fraction of sp³-hybridized carbons (Fsp3) is 0.867. The van der Waals surface area contributed by atoms with Crippen LogP contribution in [-0.2, 0) is 4.43 Å². The normalized spacial score (nSPS) is 28.6. The molecule has 3 heteroatoms. The van der Waals surface area contributed by atoms with E-state index in [2.05, 4.69) is 51.8 Å². The maximum Gasteiger partial charge on any atom is 0.192 e. The van der Waals surface area contributed by atoms with Crippen molar-refractivity contribution in [3.05, 3.63) is 11.8 Å². The summed E-state index contributed by atoms with van der Waals surface area (Å²) in [5.74, 6) is 0.737. The van der Waals surface area contributed by atoms with Gasteiger partial charge < -0.3 is 9.33 Å². The zero-order valence-corrected chi connectivity index (χ0v) is 13.9.